The maximum atomic E-state index is 13.2. The van der Waals surface area contributed by atoms with Crippen molar-refractivity contribution in [1.29, 1.82) is 0 Å². The predicted molar refractivity (Wildman–Crippen MR) is 131 cm³/mol. The molecule has 0 atom stereocenters. The van der Waals surface area contributed by atoms with Gasteiger partial charge in [0, 0.05) is 19.6 Å². The lowest BCUT2D eigenvalue weighted by atomic mass is 10.3. The fraction of sp³-hybridized carbons (Fsp3) is 0.435. The summed E-state index contributed by atoms with van der Waals surface area (Å²) >= 11 is 6.23. The highest BCUT2D eigenvalue weighted by molar-refractivity contribution is 7.92. The van der Waals surface area contributed by atoms with Gasteiger partial charge in [-0.15, -0.1) is 0 Å². The van der Waals surface area contributed by atoms with Crippen LogP contribution in [0.2, 0.25) is 5.02 Å². The van der Waals surface area contributed by atoms with Gasteiger partial charge >= 0.3 is 0 Å². The largest absolute Gasteiger partial charge is 0.379 e. The number of rotatable bonds is 11. The number of hydrogen-bond donors (Lipinski definition) is 2. The third-order valence-electron chi connectivity index (χ3n) is 5.35. The minimum absolute atomic E-state index is 0.0615. The van der Waals surface area contributed by atoms with Crippen LogP contribution >= 0.6 is 11.6 Å². The molecule has 10 heteroatoms. The number of hydrogen-bond acceptors (Lipinski definition) is 6. The molecule has 1 aliphatic rings. The number of carbonyl (C=O) groups is 1. The first kappa shape index (κ1) is 25.5. The predicted octanol–water partition coefficient (Wildman–Crippen LogP) is 2.81. The molecule has 0 radical (unpaired) electrons. The van der Waals surface area contributed by atoms with E-state index in [0.29, 0.717) is 12.2 Å². The Morgan fingerprint density at radius 3 is 2.58 bits per heavy atom. The molecule has 3 rings (SSSR count). The second-order valence-electron chi connectivity index (χ2n) is 7.68. The number of para-hydroxylation sites is 1. The van der Waals surface area contributed by atoms with Crippen molar-refractivity contribution in [2.75, 3.05) is 62.1 Å². The second kappa shape index (κ2) is 12.3. The van der Waals surface area contributed by atoms with Gasteiger partial charge in [0.25, 0.3) is 10.0 Å². The number of anilines is 2. The number of nitrogens with one attached hydrogen (secondary N) is 2. The highest BCUT2D eigenvalue weighted by atomic mass is 35.5. The summed E-state index contributed by atoms with van der Waals surface area (Å²) in [6.07, 6.45) is 0.925. The summed E-state index contributed by atoms with van der Waals surface area (Å²) < 4.78 is 33.1. The number of carbonyl (C=O) groups excluding carboxylic acids is 1. The first-order valence-corrected chi connectivity index (χ1v) is 12.9. The van der Waals surface area contributed by atoms with E-state index in [0.717, 1.165) is 39.3 Å². The smallest absolute Gasteiger partial charge is 0.264 e. The number of ether oxygens (including phenoxy) is 1. The molecule has 1 saturated heterocycles. The maximum absolute atomic E-state index is 13.2. The Hall–Kier alpha value is -2.17. The maximum Gasteiger partial charge on any atom is 0.264 e. The monoisotopic (exact) mass is 494 g/mol. The summed E-state index contributed by atoms with van der Waals surface area (Å²) in [5.41, 5.74) is 0.837. The van der Waals surface area contributed by atoms with Crippen LogP contribution in [0.25, 0.3) is 0 Å². The quantitative estimate of drug-likeness (QED) is 0.467. The molecule has 2 aromatic rings. The zero-order valence-electron chi connectivity index (χ0n) is 18.8. The number of morpholine rings is 1. The van der Waals surface area contributed by atoms with E-state index in [4.69, 9.17) is 16.3 Å². The van der Waals surface area contributed by atoms with E-state index in [-0.39, 0.29) is 34.6 Å². The van der Waals surface area contributed by atoms with Crippen LogP contribution in [0.3, 0.4) is 0 Å². The zero-order chi connectivity index (χ0) is 23.7. The van der Waals surface area contributed by atoms with E-state index in [1.165, 1.54) is 22.5 Å². The van der Waals surface area contributed by atoms with Crippen LogP contribution in [0, 0.1) is 0 Å². The van der Waals surface area contributed by atoms with E-state index < -0.39 is 10.0 Å². The van der Waals surface area contributed by atoms with E-state index >= 15 is 0 Å². The summed E-state index contributed by atoms with van der Waals surface area (Å²) in [5.74, 6) is -0.284. The van der Waals surface area contributed by atoms with E-state index in [2.05, 4.69) is 15.5 Å². The standard InChI is InChI=1S/C23H31ClN4O4S/c1-2-28(19-7-4-3-5-8-19)33(30,31)20-9-10-21(24)22(17-20)26-23(29)18-25-11-6-12-27-13-15-32-16-14-27/h3-5,7-10,17,25H,2,6,11-16,18H2,1H3,(H,26,29). The average molecular weight is 495 g/mol. The summed E-state index contributed by atoms with van der Waals surface area (Å²) in [6.45, 7) is 7.24. The molecule has 0 spiro atoms. The Balaban J connectivity index is 1.57. The van der Waals surface area contributed by atoms with Gasteiger partial charge in [-0.2, -0.15) is 0 Å². The molecular formula is C23H31ClN4O4S. The van der Waals surface area contributed by atoms with E-state index in [1.807, 2.05) is 6.07 Å². The Kier molecular flexibility index (Phi) is 9.52. The van der Waals surface area contributed by atoms with Crippen molar-refractivity contribution in [2.24, 2.45) is 0 Å². The Morgan fingerprint density at radius 1 is 1.15 bits per heavy atom. The molecule has 1 amide bonds. The molecule has 0 aliphatic carbocycles. The third-order valence-corrected chi connectivity index (χ3v) is 7.58. The molecule has 33 heavy (non-hydrogen) atoms. The van der Waals surface area contributed by atoms with Crippen molar-refractivity contribution in [1.82, 2.24) is 10.2 Å². The van der Waals surface area contributed by atoms with Gasteiger partial charge in [-0.05, 0) is 56.8 Å². The van der Waals surface area contributed by atoms with Crippen molar-refractivity contribution in [3.8, 4) is 0 Å². The lowest BCUT2D eigenvalue weighted by Crippen LogP contribution is -2.38. The highest BCUT2D eigenvalue weighted by Gasteiger charge is 2.24. The van der Waals surface area contributed by atoms with Gasteiger partial charge in [-0.1, -0.05) is 29.8 Å². The number of nitrogens with zero attached hydrogens (tertiary/aromatic N) is 2. The van der Waals surface area contributed by atoms with Crippen LogP contribution in [0.4, 0.5) is 11.4 Å². The lowest BCUT2D eigenvalue weighted by Gasteiger charge is -2.26. The molecular weight excluding hydrogens is 464 g/mol. The molecule has 8 nitrogen and oxygen atoms in total. The average Bonchev–Trinajstić information content (AvgIpc) is 2.82. The molecule has 0 bridgehead atoms. The van der Waals surface area contributed by atoms with Gasteiger partial charge in [-0.3, -0.25) is 14.0 Å². The number of amides is 1. The topological polar surface area (TPSA) is 91.0 Å². The molecule has 2 N–H and O–H groups in total. The third kappa shape index (κ3) is 7.15. The van der Waals surface area contributed by atoms with Gasteiger partial charge in [-0.25, -0.2) is 8.42 Å². The minimum atomic E-state index is -3.82. The van der Waals surface area contributed by atoms with Crippen LogP contribution in [0.5, 0.6) is 0 Å². The highest BCUT2D eigenvalue weighted by Crippen LogP contribution is 2.29. The van der Waals surface area contributed by atoms with E-state index in [1.54, 1.807) is 31.2 Å². The second-order valence-corrected chi connectivity index (χ2v) is 9.95. The van der Waals surface area contributed by atoms with Crippen molar-refractivity contribution in [3.05, 3.63) is 53.6 Å². The van der Waals surface area contributed by atoms with Gasteiger partial charge in [0.05, 0.1) is 41.1 Å². The normalized spacial score (nSPS) is 14.7. The van der Waals surface area contributed by atoms with Gasteiger partial charge < -0.3 is 15.4 Å². The van der Waals surface area contributed by atoms with Gasteiger partial charge in [0.2, 0.25) is 5.91 Å². The summed E-state index contributed by atoms with van der Waals surface area (Å²) in [5, 5.41) is 6.11. The summed E-state index contributed by atoms with van der Waals surface area (Å²) in [4.78, 5) is 14.8. The van der Waals surface area contributed by atoms with Crippen LogP contribution in [0.15, 0.2) is 53.4 Å². The van der Waals surface area contributed by atoms with Crippen LogP contribution < -0.4 is 14.9 Å². The molecule has 0 aromatic heterocycles. The van der Waals surface area contributed by atoms with Crippen molar-refractivity contribution >= 4 is 38.9 Å². The zero-order valence-corrected chi connectivity index (χ0v) is 20.4. The summed E-state index contributed by atoms with van der Waals surface area (Å²) in [7, 11) is -3.82. The number of sulfonamides is 1. The first-order valence-electron chi connectivity index (χ1n) is 11.1. The van der Waals surface area contributed by atoms with Crippen LogP contribution in [-0.2, 0) is 19.6 Å². The fourth-order valence-corrected chi connectivity index (χ4v) is 5.29. The summed E-state index contributed by atoms with van der Waals surface area (Å²) in [6, 6.07) is 13.2. The van der Waals surface area contributed by atoms with Crippen molar-refractivity contribution < 1.29 is 17.9 Å². The Morgan fingerprint density at radius 2 is 1.88 bits per heavy atom. The molecule has 0 saturated carbocycles. The Bertz CT molecular complexity index is 1010. The van der Waals surface area contributed by atoms with Gasteiger partial charge in [0.15, 0.2) is 0 Å². The van der Waals surface area contributed by atoms with Crippen molar-refractivity contribution in [2.45, 2.75) is 18.2 Å². The first-order chi connectivity index (χ1) is 15.9. The fourth-order valence-electron chi connectivity index (χ4n) is 3.62. The SMILES string of the molecule is CCN(c1ccccc1)S(=O)(=O)c1ccc(Cl)c(NC(=O)CNCCCN2CCOCC2)c1. The molecule has 2 aromatic carbocycles. The van der Waals surface area contributed by atoms with Gasteiger partial charge in [0.1, 0.15) is 0 Å². The molecule has 0 unspecified atom stereocenters. The van der Waals surface area contributed by atoms with Crippen molar-refractivity contribution in [3.63, 3.8) is 0 Å². The van der Waals surface area contributed by atoms with Crippen LogP contribution in [0.1, 0.15) is 13.3 Å². The molecule has 1 heterocycles. The van der Waals surface area contributed by atoms with Crippen LogP contribution in [-0.4, -0.2) is 71.7 Å². The molecule has 1 aliphatic heterocycles. The lowest BCUT2D eigenvalue weighted by molar-refractivity contribution is -0.115. The number of halogens is 1. The van der Waals surface area contributed by atoms with E-state index in [9.17, 15) is 13.2 Å². The minimum Gasteiger partial charge on any atom is -0.379 e. The number of benzene rings is 2. The Labute approximate surface area is 200 Å². The molecule has 180 valence electrons. The molecule has 1 fully saturated rings.